The highest BCUT2D eigenvalue weighted by atomic mass is 16.5. The third-order valence-corrected chi connectivity index (χ3v) is 1.94. The van der Waals surface area contributed by atoms with E-state index in [1.807, 2.05) is 39.2 Å². The number of nitrogens with zero attached hydrogens (tertiary/aromatic N) is 2. The molecule has 16 heavy (non-hydrogen) atoms. The molecule has 0 aliphatic carbocycles. The fourth-order valence-corrected chi connectivity index (χ4v) is 1.30. The Morgan fingerprint density at radius 1 is 1.38 bits per heavy atom. The van der Waals surface area contributed by atoms with Crippen molar-refractivity contribution in [3.63, 3.8) is 0 Å². The maximum absolute atomic E-state index is 5.48. The first kappa shape index (κ1) is 12.4. The van der Waals surface area contributed by atoms with Gasteiger partial charge in [-0.15, -0.1) is 0 Å². The molecule has 0 amide bonds. The molecule has 1 rings (SSSR count). The number of hydrazone groups is 1. The minimum atomic E-state index is 0.616. The van der Waals surface area contributed by atoms with E-state index in [1.54, 1.807) is 18.3 Å². The zero-order valence-corrected chi connectivity index (χ0v) is 10.2. The monoisotopic (exact) mass is 222 g/mol. The van der Waals surface area contributed by atoms with Crippen LogP contribution in [0.1, 0.15) is 12.5 Å². The Morgan fingerprint density at radius 3 is 2.69 bits per heavy atom. The van der Waals surface area contributed by atoms with Crippen molar-refractivity contribution in [3.8, 4) is 11.5 Å². The first-order valence-electron chi connectivity index (χ1n) is 5.20. The highest BCUT2D eigenvalue weighted by Crippen LogP contribution is 2.29. The Balaban J connectivity index is 3.03. The molecule has 0 saturated carbocycles. The molecule has 0 saturated heterocycles. The minimum Gasteiger partial charge on any atom is -0.492 e. The predicted molar refractivity (Wildman–Crippen MR) is 65.4 cm³/mol. The molecule has 1 aromatic carbocycles. The molecular formula is C12H18N2O2. The van der Waals surface area contributed by atoms with Gasteiger partial charge in [-0.1, -0.05) is 6.07 Å². The molecule has 0 atom stereocenters. The van der Waals surface area contributed by atoms with E-state index in [0.717, 1.165) is 17.1 Å². The normalized spacial score (nSPS) is 10.5. The number of benzene rings is 1. The molecule has 0 unspecified atom stereocenters. The van der Waals surface area contributed by atoms with Crippen LogP contribution in [0.2, 0.25) is 0 Å². The van der Waals surface area contributed by atoms with Gasteiger partial charge in [0.05, 0.1) is 19.9 Å². The fourth-order valence-electron chi connectivity index (χ4n) is 1.30. The second-order valence-corrected chi connectivity index (χ2v) is 3.40. The van der Waals surface area contributed by atoms with Gasteiger partial charge < -0.3 is 14.5 Å². The summed E-state index contributed by atoms with van der Waals surface area (Å²) in [4.78, 5) is 0. The lowest BCUT2D eigenvalue weighted by atomic mass is 10.2. The molecule has 0 heterocycles. The number of hydrogen-bond acceptors (Lipinski definition) is 4. The van der Waals surface area contributed by atoms with Gasteiger partial charge in [0.2, 0.25) is 0 Å². The van der Waals surface area contributed by atoms with Crippen molar-refractivity contribution in [1.29, 1.82) is 0 Å². The van der Waals surface area contributed by atoms with Crippen LogP contribution in [0.25, 0.3) is 0 Å². The average molecular weight is 222 g/mol. The molecule has 4 nitrogen and oxygen atoms in total. The van der Waals surface area contributed by atoms with Crippen LogP contribution in [0.4, 0.5) is 0 Å². The minimum absolute atomic E-state index is 0.616. The van der Waals surface area contributed by atoms with E-state index in [9.17, 15) is 0 Å². The largest absolute Gasteiger partial charge is 0.492 e. The van der Waals surface area contributed by atoms with Gasteiger partial charge in [-0.2, -0.15) is 5.10 Å². The maximum atomic E-state index is 5.48. The van der Waals surface area contributed by atoms with E-state index < -0.39 is 0 Å². The van der Waals surface area contributed by atoms with Crippen LogP contribution in [0.5, 0.6) is 11.5 Å². The van der Waals surface area contributed by atoms with E-state index >= 15 is 0 Å². The van der Waals surface area contributed by atoms with Crippen LogP contribution >= 0.6 is 0 Å². The smallest absolute Gasteiger partial charge is 0.169 e. The number of para-hydroxylation sites is 1. The summed E-state index contributed by atoms with van der Waals surface area (Å²) in [5.41, 5.74) is 0.905. The lowest BCUT2D eigenvalue weighted by Gasteiger charge is -2.11. The Morgan fingerprint density at radius 2 is 2.12 bits per heavy atom. The quantitative estimate of drug-likeness (QED) is 0.564. The molecule has 1 aromatic rings. The maximum Gasteiger partial charge on any atom is 0.169 e. The van der Waals surface area contributed by atoms with E-state index in [4.69, 9.17) is 9.47 Å². The zero-order valence-electron chi connectivity index (χ0n) is 10.2. The molecule has 0 radical (unpaired) electrons. The summed E-state index contributed by atoms with van der Waals surface area (Å²) in [7, 11) is 5.37. The molecule has 0 N–H and O–H groups in total. The van der Waals surface area contributed by atoms with Crippen molar-refractivity contribution < 1.29 is 9.47 Å². The first-order valence-corrected chi connectivity index (χ1v) is 5.20. The Kier molecular flexibility index (Phi) is 4.64. The second-order valence-electron chi connectivity index (χ2n) is 3.40. The van der Waals surface area contributed by atoms with Crippen LogP contribution in [0.15, 0.2) is 23.3 Å². The molecule has 88 valence electrons. The lowest BCUT2D eigenvalue weighted by molar-refractivity contribution is 0.310. The summed E-state index contributed by atoms with van der Waals surface area (Å²) in [6, 6.07) is 5.74. The summed E-state index contributed by atoms with van der Waals surface area (Å²) >= 11 is 0. The van der Waals surface area contributed by atoms with Crippen molar-refractivity contribution in [3.05, 3.63) is 23.8 Å². The SMILES string of the molecule is CCOc1cccc(/C=N/N(C)C)c1OC. The Bertz CT molecular complexity index is 362. The van der Waals surface area contributed by atoms with Gasteiger partial charge in [0.1, 0.15) is 0 Å². The standard InChI is InChI=1S/C12H18N2O2/c1-5-16-11-8-6-7-10(12(11)15-4)9-13-14(2)3/h6-9H,5H2,1-4H3/b13-9+. The van der Waals surface area contributed by atoms with Crippen molar-refractivity contribution >= 4 is 6.21 Å². The van der Waals surface area contributed by atoms with Crippen LogP contribution < -0.4 is 9.47 Å². The van der Waals surface area contributed by atoms with Crippen molar-refractivity contribution in [2.75, 3.05) is 27.8 Å². The van der Waals surface area contributed by atoms with E-state index in [-0.39, 0.29) is 0 Å². The van der Waals surface area contributed by atoms with E-state index in [0.29, 0.717) is 6.61 Å². The number of rotatable bonds is 5. The average Bonchev–Trinajstić information content (AvgIpc) is 2.27. The summed E-state index contributed by atoms with van der Waals surface area (Å²) < 4.78 is 10.8. The molecule has 0 aliphatic heterocycles. The highest BCUT2D eigenvalue weighted by molar-refractivity contribution is 5.84. The van der Waals surface area contributed by atoms with Crippen molar-refractivity contribution in [2.45, 2.75) is 6.92 Å². The molecule has 0 fully saturated rings. The van der Waals surface area contributed by atoms with E-state index in [1.165, 1.54) is 0 Å². The van der Waals surface area contributed by atoms with Crippen LogP contribution in [0.3, 0.4) is 0 Å². The summed E-state index contributed by atoms with van der Waals surface area (Å²) in [6.07, 6.45) is 1.75. The van der Waals surface area contributed by atoms with Gasteiger partial charge in [0, 0.05) is 19.7 Å². The first-order chi connectivity index (χ1) is 7.69. The Hall–Kier alpha value is -1.71. The number of hydrogen-bond donors (Lipinski definition) is 0. The fraction of sp³-hybridized carbons (Fsp3) is 0.417. The molecule has 0 aliphatic rings. The molecule has 0 aromatic heterocycles. The van der Waals surface area contributed by atoms with Crippen LogP contribution in [-0.2, 0) is 0 Å². The van der Waals surface area contributed by atoms with Crippen LogP contribution in [-0.4, -0.2) is 39.0 Å². The van der Waals surface area contributed by atoms with Gasteiger partial charge in [0.15, 0.2) is 11.5 Å². The second kappa shape index (κ2) is 6.00. The van der Waals surface area contributed by atoms with Crippen molar-refractivity contribution in [2.24, 2.45) is 5.10 Å². The zero-order chi connectivity index (χ0) is 12.0. The van der Waals surface area contributed by atoms with Gasteiger partial charge in [-0.25, -0.2) is 0 Å². The summed E-state index contributed by atoms with van der Waals surface area (Å²) in [5.74, 6) is 1.46. The van der Waals surface area contributed by atoms with Gasteiger partial charge in [-0.3, -0.25) is 0 Å². The van der Waals surface area contributed by atoms with Gasteiger partial charge >= 0.3 is 0 Å². The molecule has 0 spiro atoms. The highest BCUT2D eigenvalue weighted by Gasteiger charge is 2.07. The molecule has 4 heteroatoms. The molecule has 0 bridgehead atoms. The van der Waals surface area contributed by atoms with Gasteiger partial charge in [0.25, 0.3) is 0 Å². The van der Waals surface area contributed by atoms with Crippen LogP contribution in [0, 0.1) is 0 Å². The van der Waals surface area contributed by atoms with Crippen molar-refractivity contribution in [1.82, 2.24) is 5.01 Å². The predicted octanol–water partition coefficient (Wildman–Crippen LogP) is 1.99. The van der Waals surface area contributed by atoms with E-state index in [2.05, 4.69) is 5.10 Å². The summed E-state index contributed by atoms with van der Waals surface area (Å²) in [6.45, 7) is 2.56. The third kappa shape index (κ3) is 3.15. The molecular weight excluding hydrogens is 204 g/mol. The lowest BCUT2D eigenvalue weighted by Crippen LogP contribution is -2.03. The summed E-state index contributed by atoms with van der Waals surface area (Å²) in [5, 5.41) is 5.91. The number of methoxy groups -OCH3 is 1. The third-order valence-electron chi connectivity index (χ3n) is 1.94. The number of ether oxygens (including phenoxy) is 2. The van der Waals surface area contributed by atoms with Gasteiger partial charge in [-0.05, 0) is 19.1 Å². The Labute approximate surface area is 96.5 Å². The topological polar surface area (TPSA) is 34.1 Å².